The number of carbonyl (C=O) groups excluding carboxylic acids is 1. The summed E-state index contributed by atoms with van der Waals surface area (Å²) in [6.07, 6.45) is -3.65. The van der Waals surface area contributed by atoms with Gasteiger partial charge in [-0.2, -0.15) is 13.2 Å². The Balaban J connectivity index is 1.60. The van der Waals surface area contributed by atoms with Gasteiger partial charge in [0.15, 0.2) is 6.04 Å². The number of fused-ring (bicyclic) bond motifs is 1. The van der Waals surface area contributed by atoms with Crippen LogP contribution in [0.4, 0.5) is 13.2 Å². The van der Waals surface area contributed by atoms with Crippen LogP contribution < -0.4 is 0 Å². The average Bonchev–Trinajstić information content (AvgIpc) is 3.46. The van der Waals surface area contributed by atoms with Crippen LogP contribution in [0.1, 0.15) is 40.6 Å². The van der Waals surface area contributed by atoms with Crippen LogP contribution in [0.25, 0.3) is 0 Å². The van der Waals surface area contributed by atoms with E-state index >= 15 is 0 Å². The zero-order valence-electron chi connectivity index (χ0n) is 14.8. The first-order valence-corrected chi connectivity index (χ1v) is 9.06. The molecule has 7 heteroatoms. The van der Waals surface area contributed by atoms with Crippen molar-refractivity contribution in [2.75, 3.05) is 6.54 Å². The molecule has 0 aromatic heterocycles. The Morgan fingerprint density at radius 3 is 2.32 bits per heavy atom. The third kappa shape index (κ3) is 3.15. The summed E-state index contributed by atoms with van der Waals surface area (Å²) >= 11 is 0. The second-order valence-electron chi connectivity index (χ2n) is 7.25. The normalized spacial score (nSPS) is 23.8. The Morgan fingerprint density at radius 2 is 1.64 bits per heavy atom. The number of alkyl halides is 3. The maximum Gasteiger partial charge on any atom is 0.416 e. The smallest absolute Gasteiger partial charge is 0.416 e. The first kappa shape index (κ1) is 18.5. The number of hydrogen-bond acceptors (Lipinski definition) is 2. The number of carboxylic acid groups (broad SMARTS) is 1. The van der Waals surface area contributed by atoms with Gasteiger partial charge in [0.25, 0.3) is 0 Å². The summed E-state index contributed by atoms with van der Waals surface area (Å²) in [6.45, 7) is 0.247. The zero-order valence-corrected chi connectivity index (χ0v) is 14.8. The molecule has 1 aliphatic carbocycles. The molecule has 1 fully saturated rings. The molecular formula is C21H18F3NO3. The van der Waals surface area contributed by atoms with Gasteiger partial charge in [0.2, 0.25) is 5.91 Å². The lowest BCUT2D eigenvalue weighted by molar-refractivity contribution is -0.151. The molecule has 1 N–H and O–H groups in total. The number of nitrogens with zero attached hydrogens (tertiary/aromatic N) is 1. The Hall–Kier alpha value is -2.83. The predicted molar refractivity (Wildman–Crippen MR) is 94.5 cm³/mol. The van der Waals surface area contributed by atoms with Gasteiger partial charge in [0.1, 0.15) is 0 Å². The summed E-state index contributed by atoms with van der Waals surface area (Å²) in [5.41, 5.74) is 0.836. The van der Waals surface area contributed by atoms with Gasteiger partial charge in [-0.3, -0.25) is 4.79 Å². The lowest BCUT2D eigenvalue weighted by atomic mass is 9.92. The summed E-state index contributed by atoms with van der Waals surface area (Å²) < 4.78 is 39.8. The largest absolute Gasteiger partial charge is 0.479 e. The molecule has 1 aliphatic heterocycles. The first-order chi connectivity index (χ1) is 13.3. The number of hydrogen-bond donors (Lipinski definition) is 1. The van der Waals surface area contributed by atoms with E-state index in [0.29, 0.717) is 18.4 Å². The van der Waals surface area contributed by atoms with Crippen molar-refractivity contribution in [3.05, 3.63) is 70.8 Å². The SMILES string of the molecule is O=C(O)C1c2ccccc2CCN1C(=O)C1CC1c1ccccc1C(F)(F)F. The van der Waals surface area contributed by atoms with E-state index in [-0.39, 0.29) is 18.0 Å². The van der Waals surface area contributed by atoms with Crippen LogP contribution in [0.15, 0.2) is 48.5 Å². The standard InChI is InChI=1S/C21H18F3NO3/c22-21(23,24)17-8-4-3-7-14(17)15-11-16(15)19(26)25-10-9-12-5-1-2-6-13(12)18(25)20(27)28/h1-8,15-16,18H,9-11H2,(H,27,28). The number of halogens is 3. The van der Waals surface area contributed by atoms with Crippen molar-refractivity contribution < 1.29 is 27.9 Å². The van der Waals surface area contributed by atoms with Gasteiger partial charge in [0.05, 0.1) is 5.56 Å². The molecule has 2 aliphatic rings. The number of carbonyl (C=O) groups is 2. The summed E-state index contributed by atoms with van der Waals surface area (Å²) in [6, 6.07) is 11.3. The molecule has 4 nitrogen and oxygen atoms in total. The molecule has 3 unspecified atom stereocenters. The second kappa shape index (κ2) is 6.65. The molecule has 2 aromatic carbocycles. The van der Waals surface area contributed by atoms with Gasteiger partial charge >= 0.3 is 12.1 Å². The van der Waals surface area contributed by atoms with E-state index in [9.17, 15) is 27.9 Å². The minimum absolute atomic E-state index is 0.109. The molecule has 1 heterocycles. The molecule has 3 atom stereocenters. The molecule has 1 amide bonds. The van der Waals surface area contributed by atoms with Crippen LogP contribution in [0.5, 0.6) is 0 Å². The van der Waals surface area contributed by atoms with Gasteiger partial charge in [-0.05, 0) is 41.5 Å². The number of rotatable bonds is 3. The molecule has 4 rings (SSSR count). The maximum atomic E-state index is 13.3. The quantitative estimate of drug-likeness (QED) is 0.863. The molecule has 0 saturated heterocycles. The molecular weight excluding hydrogens is 371 g/mol. The fourth-order valence-electron chi connectivity index (χ4n) is 4.17. The van der Waals surface area contributed by atoms with Crippen LogP contribution in [0.2, 0.25) is 0 Å². The first-order valence-electron chi connectivity index (χ1n) is 9.06. The van der Waals surface area contributed by atoms with Crippen molar-refractivity contribution in [2.24, 2.45) is 5.92 Å². The highest BCUT2D eigenvalue weighted by molar-refractivity contribution is 5.89. The molecule has 2 aromatic rings. The van der Waals surface area contributed by atoms with E-state index in [1.165, 1.54) is 23.1 Å². The minimum atomic E-state index is -4.49. The van der Waals surface area contributed by atoms with Crippen molar-refractivity contribution in [3.63, 3.8) is 0 Å². The van der Waals surface area contributed by atoms with Crippen LogP contribution in [-0.4, -0.2) is 28.4 Å². The summed E-state index contributed by atoms with van der Waals surface area (Å²) in [4.78, 5) is 26.2. The molecule has 146 valence electrons. The number of amides is 1. The fraction of sp³-hybridized carbons (Fsp3) is 0.333. The number of aliphatic carboxylic acids is 1. The Bertz CT molecular complexity index is 940. The summed E-state index contributed by atoms with van der Waals surface area (Å²) in [5, 5.41) is 9.70. The maximum absolute atomic E-state index is 13.3. The third-order valence-electron chi connectivity index (χ3n) is 5.57. The molecule has 0 spiro atoms. The Kier molecular flexibility index (Phi) is 4.40. The summed E-state index contributed by atoms with van der Waals surface area (Å²) in [5.74, 6) is -2.66. The van der Waals surface area contributed by atoms with E-state index in [1.807, 2.05) is 12.1 Å². The van der Waals surface area contributed by atoms with Gasteiger partial charge in [0, 0.05) is 12.5 Å². The monoisotopic (exact) mass is 389 g/mol. The zero-order chi connectivity index (χ0) is 20.1. The van der Waals surface area contributed by atoms with Crippen molar-refractivity contribution >= 4 is 11.9 Å². The van der Waals surface area contributed by atoms with Gasteiger partial charge in [-0.1, -0.05) is 42.5 Å². The van der Waals surface area contributed by atoms with E-state index in [1.54, 1.807) is 12.1 Å². The van der Waals surface area contributed by atoms with Crippen molar-refractivity contribution in [1.82, 2.24) is 4.90 Å². The van der Waals surface area contributed by atoms with Crippen molar-refractivity contribution in [3.8, 4) is 0 Å². The fourth-order valence-corrected chi connectivity index (χ4v) is 4.17. The topological polar surface area (TPSA) is 57.6 Å². The highest BCUT2D eigenvalue weighted by Gasteiger charge is 2.51. The van der Waals surface area contributed by atoms with Crippen molar-refractivity contribution in [1.29, 1.82) is 0 Å². The molecule has 28 heavy (non-hydrogen) atoms. The van der Waals surface area contributed by atoms with Crippen LogP contribution >= 0.6 is 0 Å². The highest BCUT2D eigenvalue weighted by atomic mass is 19.4. The Morgan fingerprint density at radius 1 is 1.00 bits per heavy atom. The average molecular weight is 389 g/mol. The third-order valence-corrected chi connectivity index (χ3v) is 5.57. The number of benzene rings is 2. The van der Waals surface area contributed by atoms with Gasteiger partial charge in [-0.25, -0.2) is 4.79 Å². The minimum Gasteiger partial charge on any atom is -0.479 e. The molecule has 1 saturated carbocycles. The Labute approximate surface area is 159 Å². The second-order valence-corrected chi connectivity index (χ2v) is 7.25. The van der Waals surface area contributed by atoms with Crippen LogP contribution in [-0.2, 0) is 22.2 Å². The van der Waals surface area contributed by atoms with Crippen LogP contribution in [0, 0.1) is 5.92 Å². The number of carboxylic acids is 1. The molecule has 0 bridgehead atoms. The van der Waals surface area contributed by atoms with E-state index in [0.717, 1.165) is 11.6 Å². The van der Waals surface area contributed by atoms with E-state index in [2.05, 4.69) is 0 Å². The molecule has 0 radical (unpaired) electrons. The van der Waals surface area contributed by atoms with E-state index in [4.69, 9.17) is 0 Å². The lowest BCUT2D eigenvalue weighted by Crippen LogP contribution is -2.44. The predicted octanol–water partition coefficient (Wildman–Crippen LogP) is 4.02. The van der Waals surface area contributed by atoms with Crippen LogP contribution in [0.3, 0.4) is 0 Å². The summed E-state index contributed by atoms with van der Waals surface area (Å²) in [7, 11) is 0. The van der Waals surface area contributed by atoms with Gasteiger partial charge in [-0.15, -0.1) is 0 Å². The van der Waals surface area contributed by atoms with Gasteiger partial charge < -0.3 is 10.0 Å². The van der Waals surface area contributed by atoms with E-state index < -0.39 is 35.6 Å². The highest BCUT2D eigenvalue weighted by Crippen LogP contribution is 2.52. The van der Waals surface area contributed by atoms with Crippen molar-refractivity contribution in [2.45, 2.75) is 31.0 Å². The lowest BCUT2D eigenvalue weighted by Gasteiger charge is -2.35.